The molecule has 7 nitrogen and oxygen atoms in total. The van der Waals surface area contributed by atoms with E-state index in [1.54, 1.807) is 13.0 Å². The maximum absolute atomic E-state index is 12.8. The number of aliphatic hydroxyl groups is 2. The van der Waals surface area contributed by atoms with Gasteiger partial charge in [-0.1, -0.05) is 6.07 Å². The fourth-order valence-corrected chi connectivity index (χ4v) is 6.28. The largest absolute Gasteiger partial charge is 0.395 e. The van der Waals surface area contributed by atoms with Crippen LogP contribution in [0.15, 0.2) is 23.1 Å². The van der Waals surface area contributed by atoms with Crippen molar-refractivity contribution in [2.75, 3.05) is 24.7 Å². The lowest BCUT2D eigenvalue weighted by Gasteiger charge is -2.28. The highest BCUT2D eigenvalue weighted by molar-refractivity contribution is 7.92. The summed E-state index contributed by atoms with van der Waals surface area (Å²) in [6.07, 6.45) is -1.30. The third kappa shape index (κ3) is 3.74. The highest BCUT2D eigenvalue weighted by Gasteiger charge is 2.44. The molecule has 0 unspecified atom stereocenters. The zero-order valence-corrected chi connectivity index (χ0v) is 14.6. The summed E-state index contributed by atoms with van der Waals surface area (Å²) in [5.74, 6) is -0.916. The number of hydrogen-bond acceptors (Lipinski definition) is 6. The summed E-state index contributed by atoms with van der Waals surface area (Å²) in [4.78, 5) is 0.0190. The minimum atomic E-state index is -4.02. The van der Waals surface area contributed by atoms with E-state index in [1.165, 1.54) is 12.1 Å². The van der Waals surface area contributed by atoms with Gasteiger partial charge in [0.2, 0.25) is 10.0 Å². The first-order chi connectivity index (χ1) is 10.6. The molecule has 0 aromatic heterocycles. The summed E-state index contributed by atoms with van der Waals surface area (Å²) in [7, 11) is -7.52. The molecule has 23 heavy (non-hydrogen) atoms. The summed E-state index contributed by atoms with van der Waals surface area (Å²) < 4.78 is 49.9. The van der Waals surface area contributed by atoms with Crippen LogP contribution in [0.5, 0.6) is 0 Å². The summed E-state index contributed by atoms with van der Waals surface area (Å²) in [5, 5.41) is 19.1. The third-order valence-corrected chi connectivity index (χ3v) is 7.69. The van der Waals surface area contributed by atoms with Gasteiger partial charge in [-0.25, -0.2) is 16.8 Å². The Balaban J connectivity index is 2.45. The molecule has 130 valence electrons. The lowest BCUT2D eigenvalue weighted by Crippen LogP contribution is -2.47. The Kier molecular flexibility index (Phi) is 5.17. The number of aryl methyl sites for hydroxylation is 2. The molecule has 1 heterocycles. The van der Waals surface area contributed by atoms with Gasteiger partial charge in [-0.2, -0.15) is 4.31 Å². The normalized spacial score (nSPS) is 24.2. The van der Waals surface area contributed by atoms with E-state index in [2.05, 4.69) is 0 Å². The summed E-state index contributed by atoms with van der Waals surface area (Å²) in [6.45, 7) is 2.89. The second-order valence-electron chi connectivity index (χ2n) is 5.80. The summed E-state index contributed by atoms with van der Waals surface area (Å²) in [6, 6.07) is 3.53. The third-order valence-electron chi connectivity index (χ3n) is 4.07. The molecule has 1 aliphatic heterocycles. The Morgan fingerprint density at radius 1 is 1.22 bits per heavy atom. The molecule has 1 saturated heterocycles. The second-order valence-corrected chi connectivity index (χ2v) is 9.84. The Hall–Kier alpha value is -1.00. The van der Waals surface area contributed by atoms with Gasteiger partial charge < -0.3 is 10.2 Å². The smallest absolute Gasteiger partial charge is 0.243 e. The van der Waals surface area contributed by atoms with E-state index in [0.29, 0.717) is 0 Å². The Morgan fingerprint density at radius 2 is 1.87 bits per heavy atom. The van der Waals surface area contributed by atoms with Gasteiger partial charge in [0.25, 0.3) is 0 Å². The average Bonchev–Trinajstić information content (AvgIpc) is 2.71. The molecule has 0 aliphatic carbocycles. The van der Waals surface area contributed by atoms with E-state index < -0.39 is 50.1 Å². The first kappa shape index (κ1) is 18.3. The van der Waals surface area contributed by atoms with Crippen LogP contribution in [0.4, 0.5) is 0 Å². The Morgan fingerprint density at radius 3 is 2.35 bits per heavy atom. The van der Waals surface area contributed by atoms with Gasteiger partial charge in [-0.3, -0.25) is 0 Å². The monoisotopic (exact) mass is 363 g/mol. The van der Waals surface area contributed by atoms with E-state index in [0.717, 1.165) is 15.4 Å². The van der Waals surface area contributed by atoms with Crippen LogP contribution in [0.1, 0.15) is 11.1 Å². The van der Waals surface area contributed by atoms with Crippen molar-refractivity contribution >= 4 is 19.9 Å². The van der Waals surface area contributed by atoms with Crippen molar-refractivity contribution < 1.29 is 27.0 Å². The van der Waals surface area contributed by atoms with Crippen LogP contribution in [0, 0.1) is 13.8 Å². The van der Waals surface area contributed by atoms with Gasteiger partial charge in [0.1, 0.15) is 0 Å². The van der Waals surface area contributed by atoms with Crippen molar-refractivity contribution in [2.24, 2.45) is 0 Å². The van der Waals surface area contributed by atoms with E-state index in [9.17, 15) is 27.0 Å². The molecule has 2 N–H and O–H groups in total. The predicted octanol–water partition coefficient (Wildman–Crippen LogP) is -0.556. The topological polar surface area (TPSA) is 112 Å². The van der Waals surface area contributed by atoms with Crippen LogP contribution >= 0.6 is 0 Å². The highest BCUT2D eigenvalue weighted by atomic mass is 32.2. The maximum Gasteiger partial charge on any atom is 0.243 e. The molecular formula is C14H21NO6S2. The van der Waals surface area contributed by atoms with Crippen molar-refractivity contribution in [3.63, 3.8) is 0 Å². The van der Waals surface area contributed by atoms with Gasteiger partial charge in [-0.05, 0) is 37.1 Å². The molecule has 0 amide bonds. The Bertz CT molecular complexity index is 787. The molecule has 0 saturated carbocycles. The standard InChI is InChI=1S/C14H21NO6S2/c1-10-3-4-12(7-11(10)2)23(20,21)15(5-6-16)13-8-22(18,19)9-14(13)17/h3-4,7,13-14,16-17H,5-6,8-9H2,1-2H3/t13-,14-/m1/s1. The number of aliphatic hydroxyl groups excluding tert-OH is 2. The molecule has 9 heteroatoms. The molecule has 1 aliphatic rings. The predicted molar refractivity (Wildman–Crippen MR) is 85.3 cm³/mol. The molecule has 0 radical (unpaired) electrons. The van der Waals surface area contributed by atoms with Gasteiger partial charge in [0.15, 0.2) is 9.84 Å². The summed E-state index contributed by atoms with van der Waals surface area (Å²) >= 11 is 0. The first-order valence-electron chi connectivity index (χ1n) is 7.17. The van der Waals surface area contributed by atoms with Crippen molar-refractivity contribution in [1.29, 1.82) is 0 Å². The van der Waals surface area contributed by atoms with Crippen molar-refractivity contribution in [3.8, 4) is 0 Å². The molecule has 2 atom stereocenters. The van der Waals surface area contributed by atoms with Crippen LogP contribution in [-0.4, -0.2) is 68.2 Å². The minimum absolute atomic E-state index is 0.0190. The average molecular weight is 363 g/mol. The van der Waals surface area contributed by atoms with E-state index in [-0.39, 0.29) is 11.4 Å². The molecular weight excluding hydrogens is 342 g/mol. The molecule has 0 bridgehead atoms. The van der Waals surface area contributed by atoms with Crippen LogP contribution in [0.2, 0.25) is 0 Å². The first-order valence-corrected chi connectivity index (χ1v) is 10.4. The van der Waals surface area contributed by atoms with Gasteiger partial charge in [0.05, 0.1) is 35.2 Å². The van der Waals surface area contributed by atoms with Gasteiger partial charge in [0, 0.05) is 6.54 Å². The Labute approximate surface area is 136 Å². The van der Waals surface area contributed by atoms with Gasteiger partial charge >= 0.3 is 0 Å². The molecule has 1 aromatic rings. The molecule has 2 rings (SSSR count). The van der Waals surface area contributed by atoms with Gasteiger partial charge in [-0.15, -0.1) is 0 Å². The molecule has 0 spiro atoms. The molecule has 1 aromatic carbocycles. The van der Waals surface area contributed by atoms with Crippen LogP contribution < -0.4 is 0 Å². The van der Waals surface area contributed by atoms with Crippen LogP contribution in [0.3, 0.4) is 0 Å². The number of sulfone groups is 1. The van der Waals surface area contributed by atoms with Crippen LogP contribution in [0.25, 0.3) is 0 Å². The van der Waals surface area contributed by atoms with Crippen molar-refractivity contribution in [1.82, 2.24) is 4.31 Å². The zero-order valence-electron chi connectivity index (χ0n) is 13.0. The van der Waals surface area contributed by atoms with E-state index in [4.69, 9.17) is 0 Å². The maximum atomic E-state index is 12.8. The van der Waals surface area contributed by atoms with Crippen LogP contribution in [-0.2, 0) is 19.9 Å². The zero-order chi connectivity index (χ0) is 17.4. The second kappa shape index (κ2) is 6.48. The lowest BCUT2D eigenvalue weighted by atomic mass is 10.1. The highest BCUT2D eigenvalue weighted by Crippen LogP contribution is 2.26. The number of hydrogen-bond donors (Lipinski definition) is 2. The lowest BCUT2D eigenvalue weighted by molar-refractivity contribution is 0.117. The quantitative estimate of drug-likeness (QED) is 0.726. The SMILES string of the molecule is Cc1ccc(S(=O)(=O)N(CCO)[C@@H]2CS(=O)(=O)C[C@H]2O)cc1C. The van der Waals surface area contributed by atoms with E-state index in [1.807, 2.05) is 6.92 Å². The minimum Gasteiger partial charge on any atom is -0.395 e. The summed E-state index contributed by atoms with van der Waals surface area (Å²) in [5.41, 5.74) is 1.72. The number of benzene rings is 1. The number of nitrogens with zero attached hydrogens (tertiary/aromatic N) is 1. The van der Waals surface area contributed by atoms with Crippen molar-refractivity contribution in [3.05, 3.63) is 29.3 Å². The fraction of sp³-hybridized carbons (Fsp3) is 0.571. The number of sulfonamides is 1. The fourth-order valence-electron chi connectivity index (χ4n) is 2.66. The molecule has 1 fully saturated rings. The van der Waals surface area contributed by atoms with Crippen molar-refractivity contribution in [2.45, 2.75) is 30.9 Å². The number of rotatable bonds is 5. The van der Waals surface area contributed by atoms with E-state index >= 15 is 0 Å².